The highest BCUT2D eigenvalue weighted by molar-refractivity contribution is 7.99. The number of rotatable bonds is 6. The van der Waals surface area contributed by atoms with E-state index >= 15 is 0 Å². The Labute approximate surface area is 159 Å². The molecule has 3 aromatic rings. The first-order valence-corrected chi connectivity index (χ1v) is 9.87. The van der Waals surface area contributed by atoms with Crippen molar-refractivity contribution in [2.75, 3.05) is 11.1 Å². The average molecular weight is 393 g/mol. The summed E-state index contributed by atoms with van der Waals surface area (Å²) in [7, 11) is 1.92. The zero-order valence-electron chi connectivity index (χ0n) is 13.8. The molecular weight excluding hydrogens is 376 g/mol. The number of amides is 1. The maximum Gasteiger partial charge on any atom is 0.234 e. The molecule has 0 aliphatic heterocycles. The minimum Gasteiger partial charge on any atom is -0.325 e. The van der Waals surface area contributed by atoms with Crippen LogP contribution in [0.1, 0.15) is 16.3 Å². The Morgan fingerprint density at radius 1 is 1.32 bits per heavy atom. The fraction of sp³-hybridized carbons (Fsp3) is 0.235. The highest BCUT2D eigenvalue weighted by Gasteiger charge is 2.13. The molecule has 0 aliphatic rings. The van der Waals surface area contributed by atoms with Crippen molar-refractivity contribution in [3.8, 4) is 0 Å². The lowest BCUT2D eigenvalue weighted by Crippen LogP contribution is -2.15. The first kappa shape index (κ1) is 18.0. The molecule has 130 valence electrons. The number of hydrogen-bond donors (Lipinski definition) is 1. The molecule has 3 rings (SSSR count). The third-order valence-corrected chi connectivity index (χ3v) is 6.02. The van der Waals surface area contributed by atoms with Crippen LogP contribution in [0.15, 0.2) is 40.9 Å². The fourth-order valence-electron chi connectivity index (χ4n) is 2.25. The number of thiophene rings is 1. The minimum absolute atomic E-state index is 0.0989. The molecule has 0 spiro atoms. The van der Waals surface area contributed by atoms with Gasteiger partial charge in [-0.2, -0.15) is 0 Å². The summed E-state index contributed by atoms with van der Waals surface area (Å²) in [5, 5.41) is 14.7. The normalized spacial score (nSPS) is 10.8. The molecule has 0 aliphatic carbocycles. The summed E-state index contributed by atoms with van der Waals surface area (Å²) in [5.74, 6) is 1.05. The van der Waals surface area contributed by atoms with Gasteiger partial charge in [0.2, 0.25) is 5.91 Å². The van der Waals surface area contributed by atoms with Crippen molar-refractivity contribution in [1.82, 2.24) is 14.8 Å². The van der Waals surface area contributed by atoms with Crippen molar-refractivity contribution in [1.29, 1.82) is 0 Å². The van der Waals surface area contributed by atoms with Gasteiger partial charge in [0.15, 0.2) is 5.16 Å². The van der Waals surface area contributed by atoms with E-state index in [1.165, 1.54) is 16.6 Å². The largest absolute Gasteiger partial charge is 0.325 e. The van der Waals surface area contributed by atoms with Gasteiger partial charge in [-0.15, -0.1) is 21.5 Å². The lowest BCUT2D eigenvalue weighted by molar-refractivity contribution is -0.113. The molecule has 1 aromatic carbocycles. The van der Waals surface area contributed by atoms with E-state index in [2.05, 4.69) is 21.6 Å². The number of carbonyl (C=O) groups excluding carboxylic acids is 1. The Hall–Kier alpha value is -1.83. The van der Waals surface area contributed by atoms with E-state index in [-0.39, 0.29) is 11.7 Å². The number of hydrogen-bond acceptors (Lipinski definition) is 5. The van der Waals surface area contributed by atoms with Crippen molar-refractivity contribution in [2.24, 2.45) is 7.05 Å². The predicted molar refractivity (Wildman–Crippen MR) is 104 cm³/mol. The molecule has 25 heavy (non-hydrogen) atoms. The number of thioether (sulfide) groups is 1. The molecule has 0 fully saturated rings. The van der Waals surface area contributed by atoms with Crippen LogP contribution in [0.3, 0.4) is 0 Å². The Bertz CT molecular complexity index is 877. The summed E-state index contributed by atoms with van der Waals surface area (Å²) < 4.78 is 1.93. The summed E-state index contributed by atoms with van der Waals surface area (Å²) in [5.41, 5.74) is 1.59. The number of benzene rings is 1. The molecule has 1 amide bonds. The summed E-state index contributed by atoms with van der Waals surface area (Å²) in [6.45, 7) is 1.88. The molecular formula is C17H17ClN4OS2. The van der Waals surface area contributed by atoms with Gasteiger partial charge >= 0.3 is 0 Å². The number of halogens is 1. The molecule has 0 atom stereocenters. The van der Waals surface area contributed by atoms with Crippen LogP contribution in [0.4, 0.5) is 5.69 Å². The van der Waals surface area contributed by atoms with E-state index < -0.39 is 0 Å². The summed E-state index contributed by atoms with van der Waals surface area (Å²) in [6, 6.07) is 9.56. The maximum atomic E-state index is 12.2. The Kier molecular flexibility index (Phi) is 5.78. The lowest BCUT2D eigenvalue weighted by Gasteiger charge is -2.09. The molecule has 8 heteroatoms. The number of nitrogens with zero attached hydrogens (tertiary/aromatic N) is 3. The van der Waals surface area contributed by atoms with E-state index in [0.717, 1.165) is 28.7 Å². The van der Waals surface area contributed by atoms with E-state index in [1.807, 2.05) is 42.1 Å². The summed E-state index contributed by atoms with van der Waals surface area (Å²) in [4.78, 5) is 13.4. The molecule has 1 N–H and O–H groups in total. The van der Waals surface area contributed by atoms with Gasteiger partial charge in [0.05, 0.1) is 5.75 Å². The predicted octanol–water partition coefficient (Wildman–Crippen LogP) is 4.16. The topological polar surface area (TPSA) is 59.8 Å². The molecule has 0 saturated heterocycles. The highest BCUT2D eigenvalue weighted by atomic mass is 35.5. The standard InChI is InChI=1S/C17H17ClN4OS2/c1-11-13(18)6-3-7-14(11)19-16(23)10-25-17-21-20-15(22(17)2)9-12-5-4-8-24-12/h3-8H,9-10H2,1-2H3,(H,19,23). The first-order valence-electron chi connectivity index (χ1n) is 7.63. The van der Waals surface area contributed by atoms with Gasteiger partial charge in [-0.3, -0.25) is 4.79 Å². The van der Waals surface area contributed by atoms with Crippen LogP contribution >= 0.6 is 34.7 Å². The number of carbonyl (C=O) groups is 1. The molecule has 2 heterocycles. The zero-order valence-corrected chi connectivity index (χ0v) is 16.2. The minimum atomic E-state index is -0.0989. The van der Waals surface area contributed by atoms with Crippen molar-refractivity contribution >= 4 is 46.3 Å². The number of anilines is 1. The Morgan fingerprint density at radius 3 is 2.92 bits per heavy atom. The van der Waals surface area contributed by atoms with Crippen LogP contribution in [0.5, 0.6) is 0 Å². The van der Waals surface area contributed by atoms with Gasteiger partial charge in [-0.25, -0.2) is 0 Å². The number of nitrogens with one attached hydrogen (secondary N) is 1. The second kappa shape index (κ2) is 8.03. The van der Waals surface area contributed by atoms with Gasteiger partial charge in [0, 0.05) is 29.1 Å². The quantitative estimate of drug-likeness (QED) is 0.640. The average Bonchev–Trinajstić information content (AvgIpc) is 3.22. The van der Waals surface area contributed by atoms with Crippen molar-refractivity contribution in [3.05, 3.63) is 57.0 Å². The molecule has 0 saturated carbocycles. The summed E-state index contributed by atoms with van der Waals surface area (Å²) in [6.07, 6.45) is 0.746. The smallest absolute Gasteiger partial charge is 0.234 e. The van der Waals surface area contributed by atoms with E-state index in [1.54, 1.807) is 17.4 Å². The molecule has 2 aromatic heterocycles. The number of aromatic nitrogens is 3. The Balaban J connectivity index is 1.59. The lowest BCUT2D eigenvalue weighted by atomic mass is 10.2. The van der Waals surface area contributed by atoms with Crippen LogP contribution in [0.2, 0.25) is 5.02 Å². The molecule has 0 unspecified atom stereocenters. The fourth-order valence-corrected chi connectivity index (χ4v) is 3.86. The third-order valence-electron chi connectivity index (χ3n) is 3.71. The van der Waals surface area contributed by atoms with Crippen LogP contribution < -0.4 is 5.32 Å². The second-order valence-electron chi connectivity index (χ2n) is 5.46. The molecule has 5 nitrogen and oxygen atoms in total. The van der Waals surface area contributed by atoms with Crippen LogP contribution in [0, 0.1) is 6.92 Å². The Morgan fingerprint density at radius 2 is 2.16 bits per heavy atom. The van der Waals surface area contributed by atoms with Crippen molar-refractivity contribution in [3.63, 3.8) is 0 Å². The van der Waals surface area contributed by atoms with Gasteiger partial charge in [0.1, 0.15) is 5.82 Å². The highest BCUT2D eigenvalue weighted by Crippen LogP contribution is 2.24. The monoisotopic (exact) mass is 392 g/mol. The van der Waals surface area contributed by atoms with Crippen molar-refractivity contribution < 1.29 is 4.79 Å². The van der Waals surface area contributed by atoms with Gasteiger partial charge in [-0.05, 0) is 36.1 Å². The summed E-state index contributed by atoms with van der Waals surface area (Å²) >= 11 is 9.14. The van der Waals surface area contributed by atoms with Crippen LogP contribution in [0.25, 0.3) is 0 Å². The zero-order chi connectivity index (χ0) is 17.8. The SMILES string of the molecule is Cc1c(Cl)cccc1NC(=O)CSc1nnc(Cc2cccs2)n1C. The van der Waals surface area contributed by atoms with Crippen LogP contribution in [-0.2, 0) is 18.3 Å². The van der Waals surface area contributed by atoms with E-state index in [9.17, 15) is 4.79 Å². The van der Waals surface area contributed by atoms with Crippen molar-refractivity contribution in [2.45, 2.75) is 18.5 Å². The van der Waals surface area contributed by atoms with Gasteiger partial charge in [-0.1, -0.05) is 35.5 Å². The maximum absolute atomic E-state index is 12.2. The van der Waals surface area contributed by atoms with E-state index in [4.69, 9.17) is 11.6 Å². The van der Waals surface area contributed by atoms with Gasteiger partial charge < -0.3 is 9.88 Å². The molecule has 0 radical (unpaired) electrons. The second-order valence-corrected chi connectivity index (χ2v) is 7.85. The molecule has 0 bridgehead atoms. The third kappa shape index (κ3) is 4.42. The van der Waals surface area contributed by atoms with E-state index in [0.29, 0.717) is 5.02 Å². The van der Waals surface area contributed by atoms with Gasteiger partial charge in [0.25, 0.3) is 0 Å². The first-order chi connectivity index (χ1) is 12.0. The van der Waals surface area contributed by atoms with Crippen LogP contribution in [-0.4, -0.2) is 26.4 Å².